The molecule has 0 radical (unpaired) electrons. The van der Waals surface area contributed by atoms with Gasteiger partial charge in [-0.25, -0.2) is 0 Å². The summed E-state index contributed by atoms with van der Waals surface area (Å²) in [5.74, 6) is -1.45. The molecule has 0 saturated carbocycles. The summed E-state index contributed by atoms with van der Waals surface area (Å²) in [6.07, 6.45) is 0. The molecule has 0 spiro atoms. The molecule has 21 heavy (non-hydrogen) atoms. The third-order valence-electron chi connectivity index (χ3n) is 2.98. The molecule has 2 aromatic rings. The van der Waals surface area contributed by atoms with Crippen LogP contribution in [-0.2, 0) is 4.79 Å². The maximum atomic E-state index is 12.5. The number of carbonyl (C=O) groups is 2. The molecule has 0 aliphatic rings. The molecular formula is C16H14ClNO3. The molecule has 108 valence electrons. The van der Waals surface area contributed by atoms with Gasteiger partial charge in [-0.3, -0.25) is 14.5 Å². The summed E-state index contributed by atoms with van der Waals surface area (Å²) in [7, 11) is 0. The van der Waals surface area contributed by atoms with Crippen LogP contribution in [0.2, 0.25) is 5.02 Å². The molecule has 2 aromatic carbocycles. The number of aryl methyl sites for hydroxylation is 1. The first-order chi connectivity index (χ1) is 9.97. The molecule has 0 aliphatic carbocycles. The van der Waals surface area contributed by atoms with Gasteiger partial charge in [0.1, 0.15) is 6.54 Å². The van der Waals surface area contributed by atoms with Gasteiger partial charge in [0.2, 0.25) is 0 Å². The number of anilines is 1. The van der Waals surface area contributed by atoms with Gasteiger partial charge in [0.15, 0.2) is 0 Å². The van der Waals surface area contributed by atoms with E-state index in [1.807, 2.05) is 19.1 Å². The smallest absolute Gasteiger partial charge is 0.323 e. The van der Waals surface area contributed by atoms with Crippen molar-refractivity contribution in [1.29, 1.82) is 0 Å². The SMILES string of the molecule is Cc1ccc(N(CC(=O)O)C(=O)c2ccc(Cl)cc2)cc1. The van der Waals surface area contributed by atoms with Crippen LogP contribution in [0.4, 0.5) is 5.69 Å². The van der Waals surface area contributed by atoms with Crippen LogP contribution in [0.25, 0.3) is 0 Å². The number of amides is 1. The molecule has 1 amide bonds. The van der Waals surface area contributed by atoms with Crippen molar-refractivity contribution in [3.05, 3.63) is 64.7 Å². The van der Waals surface area contributed by atoms with Crippen molar-refractivity contribution in [3.63, 3.8) is 0 Å². The minimum Gasteiger partial charge on any atom is -0.480 e. The zero-order valence-corrected chi connectivity index (χ0v) is 12.2. The molecule has 4 nitrogen and oxygen atoms in total. The summed E-state index contributed by atoms with van der Waals surface area (Å²) in [5.41, 5.74) is 1.97. The number of carboxylic acids is 1. The van der Waals surface area contributed by atoms with Crippen molar-refractivity contribution in [1.82, 2.24) is 0 Å². The predicted octanol–water partition coefficient (Wildman–Crippen LogP) is 3.38. The number of benzene rings is 2. The van der Waals surface area contributed by atoms with Gasteiger partial charge in [0.05, 0.1) is 0 Å². The van der Waals surface area contributed by atoms with Gasteiger partial charge in [0.25, 0.3) is 5.91 Å². The van der Waals surface area contributed by atoms with E-state index >= 15 is 0 Å². The maximum absolute atomic E-state index is 12.5. The summed E-state index contributed by atoms with van der Waals surface area (Å²) < 4.78 is 0. The van der Waals surface area contributed by atoms with E-state index in [1.165, 1.54) is 4.90 Å². The van der Waals surface area contributed by atoms with Gasteiger partial charge in [-0.2, -0.15) is 0 Å². The molecule has 0 heterocycles. The van der Waals surface area contributed by atoms with Crippen LogP contribution in [0.5, 0.6) is 0 Å². The van der Waals surface area contributed by atoms with E-state index in [2.05, 4.69) is 0 Å². The Morgan fingerprint density at radius 1 is 1.05 bits per heavy atom. The first kappa shape index (κ1) is 15.1. The van der Waals surface area contributed by atoms with Gasteiger partial charge in [-0.15, -0.1) is 0 Å². The van der Waals surface area contributed by atoms with E-state index in [9.17, 15) is 9.59 Å². The zero-order valence-electron chi connectivity index (χ0n) is 11.4. The number of carbonyl (C=O) groups excluding carboxylic acids is 1. The lowest BCUT2D eigenvalue weighted by Gasteiger charge is -2.21. The van der Waals surface area contributed by atoms with Crippen LogP contribution in [-0.4, -0.2) is 23.5 Å². The Morgan fingerprint density at radius 3 is 2.14 bits per heavy atom. The average molecular weight is 304 g/mol. The van der Waals surface area contributed by atoms with Crippen molar-refractivity contribution >= 4 is 29.2 Å². The van der Waals surface area contributed by atoms with Crippen molar-refractivity contribution in [3.8, 4) is 0 Å². The standard InChI is InChI=1S/C16H14ClNO3/c1-11-2-8-14(9-3-11)18(10-15(19)20)16(21)12-4-6-13(17)7-5-12/h2-9H,10H2,1H3,(H,19,20). The van der Waals surface area contributed by atoms with Crippen LogP contribution >= 0.6 is 11.6 Å². The molecule has 5 heteroatoms. The number of nitrogens with zero attached hydrogens (tertiary/aromatic N) is 1. The molecule has 1 N–H and O–H groups in total. The lowest BCUT2D eigenvalue weighted by atomic mass is 10.1. The quantitative estimate of drug-likeness (QED) is 0.942. The molecule has 0 bridgehead atoms. The monoisotopic (exact) mass is 303 g/mol. The Morgan fingerprint density at radius 2 is 1.62 bits per heavy atom. The van der Waals surface area contributed by atoms with Gasteiger partial charge >= 0.3 is 5.97 Å². The summed E-state index contributed by atoms with van der Waals surface area (Å²) in [5, 5.41) is 9.54. The largest absolute Gasteiger partial charge is 0.480 e. The van der Waals surface area contributed by atoms with E-state index in [1.54, 1.807) is 36.4 Å². The van der Waals surface area contributed by atoms with E-state index in [4.69, 9.17) is 16.7 Å². The third kappa shape index (κ3) is 3.83. The molecule has 0 aliphatic heterocycles. The summed E-state index contributed by atoms with van der Waals surface area (Å²) >= 11 is 5.80. The Kier molecular flexibility index (Phi) is 4.60. The van der Waals surface area contributed by atoms with Crippen LogP contribution in [0.15, 0.2) is 48.5 Å². The highest BCUT2D eigenvalue weighted by atomic mass is 35.5. The molecule has 0 unspecified atom stereocenters. The van der Waals surface area contributed by atoms with Crippen LogP contribution in [0, 0.1) is 6.92 Å². The molecular weight excluding hydrogens is 290 g/mol. The molecule has 0 saturated heterocycles. The molecule has 0 fully saturated rings. The molecule has 0 aromatic heterocycles. The minimum absolute atomic E-state index is 0.377. The normalized spacial score (nSPS) is 10.2. The number of carboxylic acid groups (broad SMARTS) is 1. The van der Waals surface area contributed by atoms with Gasteiger partial charge < -0.3 is 5.11 Å². The van der Waals surface area contributed by atoms with E-state index in [0.29, 0.717) is 16.3 Å². The highest BCUT2D eigenvalue weighted by Crippen LogP contribution is 2.19. The van der Waals surface area contributed by atoms with Crippen molar-refractivity contribution in [2.45, 2.75) is 6.92 Å². The van der Waals surface area contributed by atoms with Gasteiger partial charge in [0, 0.05) is 16.3 Å². The summed E-state index contributed by atoms with van der Waals surface area (Å²) in [4.78, 5) is 24.7. The van der Waals surface area contributed by atoms with Crippen LogP contribution in [0.3, 0.4) is 0 Å². The minimum atomic E-state index is -1.07. The highest BCUT2D eigenvalue weighted by molar-refractivity contribution is 6.30. The Bertz CT molecular complexity index is 650. The van der Waals surface area contributed by atoms with E-state index in [-0.39, 0.29) is 5.91 Å². The fourth-order valence-electron chi connectivity index (χ4n) is 1.89. The van der Waals surface area contributed by atoms with Gasteiger partial charge in [-0.05, 0) is 43.3 Å². The maximum Gasteiger partial charge on any atom is 0.323 e. The number of hydrogen-bond acceptors (Lipinski definition) is 2. The highest BCUT2D eigenvalue weighted by Gasteiger charge is 2.20. The van der Waals surface area contributed by atoms with Crippen molar-refractivity contribution in [2.24, 2.45) is 0 Å². The zero-order chi connectivity index (χ0) is 15.4. The molecule has 0 atom stereocenters. The molecule has 2 rings (SSSR count). The second-order valence-electron chi connectivity index (χ2n) is 4.63. The second kappa shape index (κ2) is 6.41. The number of rotatable bonds is 4. The lowest BCUT2D eigenvalue weighted by Crippen LogP contribution is -2.35. The fourth-order valence-corrected chi connectivity index (χ4v) is 2.01. The number of halogens is 1. The van der Waals surface area contributed by atoms with Gasteiger partial charge in [-0.1, -0.05) is 29.3 Å². The van der Waals surface area contributed by atoms with Crippen LogP contribution in [0.1, 0.15) is 15.9 Å². The van der Waals surface area contributed by atoms with Crippen molar-refractivity contribution in [2.75, 3.05) is 11.4 Å². The average Bonchev–Trinajstić information content (AvgIpc) is 2.46. The Hall–Kier alpha value is -2.33. The van der Waals surface area contributed by atoms with E-state index < -0.39 is 12.5 Å². The summed E-state index contributed by atoms with van der Waals surface area (Å²) in [6.45, 7) is 1.52. The predicted molar refractivity (Wildman–Crippen MR) is 81.9 cm³/mol. The van der Waals surface area contributed by atoms with Crippen LogP contribution < -0.4 is 4.90 Å². The topological polar surface area (TPSA) is 57.6 Å². The van der Waals surface area contributed by atoms with E-state index in [0.717, 1.165) is 5.56 Å². The lowest BCUT2D eigenvalue weighted by molar-refractivity contribution is -0.135. The second-order valence-corrected chi connectivity index (χ2v) is 5.06. The first-order valence-corrected chi connectivity index (χ1v) is 6.71. The number of hydrogen-bond donors (Lipinski definition) is 1. The Labute approximate surface area is 127 Å². The first-order valence-electron chi connectivity index (χ1n) is 6.33. The third-order valence-corrected chi connectivity index (χ3v) is 3.23. The Balaban J connectivity index is 2.35. The number of aliphatic carboxylic acids is 1. The summed E-state index contributed by atoms with van der Waals surface area (Å²) in [6, 6.07) is 13.5. The van der Waals surface area contributed by atoms with Crippen molar-refractivity contribution < 1.29 is 14.7 Å². The fraction of sp³-hybridized carbons (Fsp3) is 0.125.